The van der Waals surface area contributed by atoms with Crippen LogP contribution in [0.25, 0.3) is 0 Å². The lowest BCUT2D eigenvalue weighted by Gasteiger charge is -2.12. The predicted octanol–water partition coefficient (Wildman–Crippen LogP) is 2.40. The first-order valence-corrected chi connectivity index (χ1v) is 12.0. The maximum absolute atomic E-state index is 11.8. The highest BCUT2D eigenvalue weighted by molar-refractivity contribution is 8.76. The number of carbonyl (C=O) groups excluding carboxylic acids is 4. The molecule has 0 radical (unpaired) electrons. The van der Waals surface area contributed by atoms with Crippen molar-refractivity contribution in [1.82, 2.24) is 15.4 Å². The zero-order valence-corrected chi connectivity index (χ0v) is 18.3. The second kappa shape index (κ2) is 12.8. The normalized spacial score (nSPS) is 16.2. The molecule has 1 atom stereocenters. The standard InChI is InChI=1S/C18H23N3O5S3/c22-14(8-11-28-29-15-6-3-5-10-20-15)19-9-4-1-2-7-17(24)26-21-16(23)12-13(27)18(21)25/h3,5-6,10,13,27H,1-2,4,7-9,11-12H2,(H,19,22). The molecule has 29 heavy (non-hydrogen) atoms. The fourth-order valence-corrected chi connectivity index (χ4v) is 4.49. The van der Waals surface area contributed by atoms with Gasteiger partial charge >= 0.3 is 5.97 Å². The smallest absolute Gasteiger partial charge is 0.333 e. The lowest BCUT2D eigenvalue weighted by atomic mass is 10.2. The SMILES string of the molecule is O=C(CCSSc1ccccn1)NCCCCCC(=O)ON1C(=O)CC(S)C1=O. The van der Waals surface area contributed by atoms with E-state index in [0.29, 0.717) is 30.2 Å². The summed E-state index contributed by atoms with van der Waals surface area (Å²) in [7, 11) is 3.13. The molecule has 1 aliphatic rings. The topological polar surface area (TPSA) is 106 Å². The Balaban J connectivity index is 1.45. The molecular weight excluding hydrogens is 434 g/mol. The first-order valence-electron chi connectivity index (χ1n) is 9.20. The van der Waals surface area contributed by atoms with E-state index in [0.717, 1.165) is 17.9 Å². The summed E-state index contributed by atoms with van der Waals surface area (Å²) in [4.78, 5) is 55.6. The van der Waals surface area contributed by atoms with Crippen LogP contribution in [0.3, 0.4) is 0 Å². The van der Waals surface area contributed by atoms with Crippen molar-refractivity contribution in [2.75, 3.05) is 12.3 Å². The van der Waals surface area contributed by atoms with Crippen LogP contribution in [0.1, 0.15) is 38.5 Å². The number of nitrogens with zero attached hydrogens (tertiary/aromatic N) is 2. The Hall–Kier alpha value is -1.72. The fourth-order valence-electron chi connectivity index (χ4n) is 2.36. The Bertz CT molecular complexity index is 720. The molecule has 0 bridgehead atoms. The van der Waals surface area contributed by atoms with E-state index < -0.39 is 23.0 Å². The van der Waals surface area contributed by atoms with Gasteiger partial charge in [0.1, 0.15) is 5.03 Å². The molecule has 1 aromatic rings. The number of pyridine rings is 1. The maximum atomic E-state index is 11.8. The third kappa shape index (κ3) is 8.67. The molecule has 2 heterocycles. The molecule has 0 aromatic carbocycles. The molecule has 0 spiro atoms. The van der Waals surface area contributed by atoms with Crippen molar-refractivity contribution in [2.45, 2.75) is 48.8 Å². The zero-order valence-electron chi connectivity index (χ0n) is 15.7. The highest BCUT2D eigenvalue weighted by atomic mass is 33.1. The molecule has 8 nitrogen and oxygen atoms in total. The third-order valence-corrected chi connectivity index (χ3v) is 6.52. The van der Waals surface area contributed by atoms with Crippen molar-refractivity contribution in [2.24, 2.45) is 0 Å². The first-order chi connectivity index (χ1) is 14.0. The van der Waals surface area contributed by atoms with Crippen LogP contribution >= 0.6 is 34.2 Å². The number of rotatable bonds is 12. The Kier molecular flexibility index (Phi) is 10.4. The molecule has 1 aliphatic heterocycles. The number of hydroxylamine groups is 2. The first kappa shape index (κ1) is 23.6. The predicted molar refractivity (Wildman–Crippen MR) is 114 cm³/mol. The summed E-state index contributed by atoms with van der Waals surface area (Å²) in [5, 5.41) is 3.52. The number of carbonyl (C=O) groups is 4. The van der Waals surface area contributed by atoms with Gasteiger partial charge in [-0.3, -0.25) is 14.4 Å². The Morgan fingerprint density at radius 3 is 2.76 bits per heavy atom. The van der Waals surface area contributed by atoms with Crippen molar-refractivity contribution in [3.05, 3.63) is 24.4 Å². The average molecular weight is 458 g/mol. The number of unbranched alkanes of at least 4 members (excludes halogenated alkanes) is 2. The Morgan fingerprint density at radius 2 is 2.07 bits per heavy atom. The van der Waals surface area contributed by atoms with Crippen molar-refractivity contribution < 1.29 is 24.0 Å². The van der Waals surface area contributed by atoms with Gasteiger partial charge in [0.05, 0.1) is 11.7 Å². The minimum absolute atomic E-state index is 0.00843. The van der Waals surface area contributed by atoms with Crippen LogP contribution in [-0.4, -0.2) is 51.3 Å². The van der Waals surface area contributed by atoms with E-state index in [1.165, 1.54) is 0 Å². The van der Waals surface area contributed by atoms with Crippen LogP contribution in [0.15, 0.2) is 29.4 Å². The number of aromatic nitrogens is 1. The number of hydrogen-bond donors (Lipinski definition) is 2. The largest absolute Gasteiger partial charge is 0.356 e. The molecule has 1 aromatic heterocycles. The molecule has 1 unspecified atom stereocenters. The number of thiol groups is 1. The second-order valence-electron chi connectivity index (χ2n) is 6.19. The van der Waals surface area contributed by atoms with Crippen LogP contribution < -0.4 is 5.32 Å². The van der Waals surface area contributed by atoms with E-state index in [1.54, 1.807) is 27.8 Å². The molecule has 1 saturated heterocycles. The highest BCUT2D eigenvalue weighted by Gasteiger charge is 2.39. The number of amides is 3. The van der Waals surface area contributed by atoms with Gasteiger partial charge in [-0.1, -0.05) is 23.3 Å². The zero-order chi connectivity index (χ0) is 21.1. The summed E-state index contributed by atoms with van der Waals surface area (Å²) < 4.78 is 0. The van der Waals surface area contributed by atoms with Gasteiger partial charge in [-0.05, 0) is 35.8 Å². The van der Waals surface area contributed by atoms with Gasteiger partial charge in [0.25, 0.3) is 11.8 Å². The summed E-state index contributed by atoms with van der Waals surface area (Å²) in [6, 6.07) is 5.70. The van der Waals surface area contributed by atoms with Gasteiger partial charge in [-0.15, -0.1) is 5.06 Å². The van der Waals surface area contributed by atoms with Gasteiger partial charge in [0, 0.05) is 31.3 Å². The van der Waals surface area contributed by atoms with Crippen LogP contribution in [0.2, 0.25) is 0 Å². The summed E-state index contributed by atoms with van der Waals surface area (Å²) in [5.74, 6) is -1.10. The molecule has 1 N–H and O–H groups in total. The van der Waals surface area contributed by atoms with Crippen molar-refractivity contribution >= 4 is 57.9 Å². The lowest BCUT2D eigenvalue weighted by molar-refractivity contribution is -0.197. The monoisotopic (exact) mass is 457 g/mol. The van der Waals surface area contributed by atoms with E-state index in [9.17, 15) is 19.2 Å². The van der Waals surface area contributed by atoms with E-state index >= 15 is 0 Å². The third-order valence-electron chi connectivity index (χ3n) is 3.85. The van der Waals surface area contributed by atoms with Crippen molar-refractivity contribution in [1.29, 1.82) is 0 Å². The van der Waals surface area contributed by atoms with Crippen LogP contribution in [0.4, 0.5) is 0 Å². The van der Waals surface area contributed by atoms with Gasteiger partial charge in [0.15, 0.2) is 0 Å². The van der Waals surface area contributed by atoms with Gasteiger partial charge < -0.3 is 10.2 Å². The van der Waals surface area contributed by atoms with Gasteiger partial charge in [0.2, 0.25) is 5.91 Å². The molecule has 0 aliphatic carbocycles. The molecule has 1 fully saturated rings. The van der Waals surface area contributed by atoms with Gasteiger partial charge in [-0.2, -0.15) is 12.6 Å². The molecule has 2 rings (SSSR count). The van der Waals surface area contributed by atoms with Crippen LogP contribution in [0, 0.1) is 0 Å². The van der Waals surface area contributed by atoms with E-state index in [2.05, 4.69) is 22.9 Å². The molecular formula is C18H23N3O5S3. The maximum Gasteiger partial charge on any atom is 0.333 e. The number of nitrogens with one attached hydrogen (secondary N) is 1. The Morgan fingerprint density at radius 1 is 1.24 bits per heavy atom. The minimum atomic E-state index is -0.745. The fraction of sp³-hybridized carbons (Fsp3) is 0.500. The molecule has 158 valence electrons. The van der Waals surface area contributed by atoms with E-state index in [-0.39, 0.29) is 18.7 Å². The molecule has 0 saturated carbocycles. The van der Waals surface area contributed by atoms with Crippen molar-refractivity contribution in [3.8, 4) is 0 Å². The number of hydrogen-bond acceptors (Lipinski definition) is 9. The van der Waals surface area contributed by atoms with Crippen molar-refractivity contribution in [3.63, 3.8) is 0 Å². The summed E-state index contributed by atoms with van der Waals surface area (Å²) in [5.41, 5.74) is 0. The second-order valence-corrected chi connectivity index (χ2v) is 9.25. The Labute approximate surface area is 182 Å². The summed E-state index contributed by atoms with van der Waals surface area (Å²) >= 11 is 3.95. The quantitative estimate of drug-likeness (QED) is 0.213. The van der Waals surface area contributed by atoms with Crippen LogP contribution in [0.5, 0.6) is 0 Å². The van der Waals surface area contributed by atoms with E-state index in [1.807, 2.05) is 18.2 Å². The highest BCUT2D eigenvalue weighted by Crippen LogP contribution is 2.29. The summed E-state index contributed by atoms with van der Waals surface area (Å²) in [6.07, 6.45) is 4.20. The lowest BCUT2D eigenvalue weighted by Crippen LogP contribution is -2.33. The number of imide groups is 1. The van der Waals surface area contributed by atoms with Crippen LogP contribution in [-0.2, 0) is 24.0 Å². The minimum Gasteiger partial charge on any atom is -0.356 e. The summed E-state index contributed by atoms with van der Waals surface area (Å²) in [6.45, 7) is 0.538. The van der Waals surface area contributed by atoms with E-state index in [4.69, 9.17) is 4.84 Å². The molecule has 3 amide bonds. The average Bonchev–Trinajstić information content (AvgIpc) is 2.94. The van der Waals surface area contributed by atoms with Gasteiger partial charge in [-0.25, -0.2) is 9.78 Å². The molecule has 11 heteroatoms.